The molecule has 3 N–H and O–H groups in total. The number of aliphatic hydroxyl groups is 2. The van der Waals surface area contributed by atoms with Crippen molar-refractivity contribution >= 4 is 0 Å². The van der Waals surface area contributed by atoms with E-state index < -0.39 is 12.5 Å². The molecule has 2 aromatic rings. The Bertz CT molecular complexity index is 401. The molecule has 0 bridgehead atoms. The maximum absolute atomic E-state index is 9.88. The maximum Gasteiger partial charge on any atom is 0.133 e. The summed E-state index contributed by atoms with van der Waals surface area (Å²) in [5.74, 6) is 0. The van der Waals surface area contributed by atoms with Crippen molar-refractivity contribution in [1.29, 1.82) is 0 Å². The van der Waals surface area contributed by atoms with E-state index in [0.29, 0.717) is 0 Å². The van der Waals surface area contributed by atoms with E-state index in [4.69, 9.17) is 0 Å². The van der Waals surface area contributed by atoms with Gasteiger partial charge >= 0.3 is 0 Å². The van der Waals surface area contributed by atoms with Gasteiger partial charge in [0.05, 0.1) is 0 Å². The Morgan fingerprint density at radius 3 is 1.35 bits per heavy atom. The molecule has 88 valence electrons. The predicted octanol–water partition coefficient (Wildman–Crippen LogP) is 1.96. The smallest absolute Gasteiger partial charge is 0.133 e. The predicted molar refractivity (Wildman–Crippen MR) is 65.9 cm³/mol. The lowest BCUT2D eigenvalue weighted by Crippen LogP contribution is -2.25. The van der Waals surface area contributed by atoms with Gasteiger partial charge in [-0.05, 0) is 11.1 Å². The molecule has 0 radical (unpaired) electrons. The van der Waals surface area contributed by atoms with Gasteiger partial charge in [-0.25, -0.2) is 0 Å². The Morgan fingerprint density at radius 2 is 1.00 bits per heavy atom. The highest BCUT2D eigenvalue weighted by Gasteiger charge is 2.12. The standard InChI is InChI=1S/C14H15NO2/c16-13(11-7-3-1-4-8-11)15-14(17)12-9-5-2-6-10-12/h1-10,13-17H. The number of rotatable bonds is 4. The van der Waals surface area contributed by atoms with E-state index in [1.165, 1.54) is 0 Å². The second kappa shape index (κ2) is 5.59. The van der Waals surface area contributed by atoms with Crippen LogP contribution in [0.4, 0.5) is 0 Å². The molecule has 3 heteroatoms. The molecule has 0 heterocycles. The van der Waals surface area contributed by atoms with Gasteiger partial charge in [-0.3, -0.25) is 5.32 Å². The summed E-state index contributed by atoms with van der Waals surface area (Å²) in [4.78, 5) is 0. The normalized spacial score (nSPS) is 14.2. The number of hydrogen-bond acceptors (Lipinski definition) is 3. The van der Waals surface area contributed by atoms with Gasteiger partial charge in [0.15, 0.2) is 0 Å². The number of aliphatic hydroxyl groups excluding tert-OH is 2. The number of benzene rings is 2. The molecule has 2 atom stereocenters. The molecule has 0 aliphatic heterocycles. The van der Waals surface area contributed by atoms with Crippen molar-refractivity contribution in [3.05, 3.63) is 71.8 Å². The minimum Gasteiger partial charge on any atom is -0.374 e. The summed E-state index contributed by atoms with van der Waals surface area (Å²) in [5.41, 5.74) is 1.45. The molecule has 0 aliphatic rings. The Kier molecular flexibility index (Phi) is 3.88. The third-order valence-corrected chi connectivity index (χ3v) is 2.55. The Hall–Kier alpha value is -1.68. The average Bonchev–Trinajstić information content (AvgIpc) is 2.40. The van der Waals surface area contributed by atoms with E-state index in [2.05, 4.69) is 5.32 Å². The van der Waals surface area contributed by atoms with Crippen LogP contribution in [0.5, 0.6) is 0 Å². The van der Waals surface area contributed by atoms with Crippen LogP contribution in [0.3, 0.4) is 0 Å². The van der Waals surface area contributed by atoms with Crippen molar-refractivity contribution in [2.45, 2.75) is 12.5 Å². The summed E-state index contributed by atoms with van der Waals surface area (Å²) in [6.45, 7) is 0. The number of hydrogen-bond donors (Lipinski definition) is 3. The van der Waals surface area contributed by atoms with Crippen LogP contribution in [0.25, 0.3) is 0 Å². The van der Waals surface area contributed by atoms with Gasteiger partial charge in [-0.1, -0.05) is 60.7 Å². The molecular formula is C14H15NO2. The molecule has 0 saturated heterocycles. The lowest BCUT2D eigenvalue weighted by Gasteiger charge is -2.18. The van der Waals surface area contributed by atoms with Gasteiger partial charge in [-0.15, -0.1) is 0 Å². The molecule has 0 aliphatic carbocycles. The van der Waals surface area contributed by atoms with Crippen LogP contribution in [0.2, 0.25) is 0 Å². The highest BCUT2D eigenvalue weighted by molar-refractivity contribution is 5.19. The molecule has 3 nitrogen and oxygen atoms in total. The zero-order valence-corrected chi connectivity index (χ0v) is 9.32. The zero-order valence-electron chi connectivity index (χ0n) is 9.32. The van der Waals surface area contributed by atoms with Crippen molar-refractivity contribution in [2.75, 3.05) is 0 Å². The van der Waals surface area contributed by atoms with Crippen molar-refractivity contribution < 1.29 is 10.2 Å². The summed E-state index contributed by atoms with van der Waals surface area (Å²) in [5, 5.41) is 22.5. The molecule has 0 aromatic heterocycles. The van der Waals surface area contributed by atoms with Crippen LogP contribution in [-0.2, 0) is 0 Å². The Morgan fingerprint density at radius 1 is 0.647 bits per heavy atom. The van der Waals surface area contributed by atoms with E-state index in [1.54, 1.807) is 24.3 Å². The van der Waals surface area contributed by atoms with Crippen LogP contribution in [0.1, 0.15) is 23.6 Å². The summed E-state index contributed by atoms with van der Waals surface area (Å²) in [6, 6.07) is 18.3. The molecule has 17 heavy (non-hydrogen) atoms. The molecule has 2 aromatic carbocycles. The van der Waals surface area contributed by atoms with Gasteiger partial charge in [0, 0.05) is 0 Å². The SMILES string of the molecule is OC(NC(O)c1ccccc1)c1ccccc1. The van der Waals surface area contributed by atoms with Gasteiger partial charge in [0.25, 0.3) is 0 Å². The van der Waals surface area contributed by atoms with Crippen LogP contribution in [0, 0.1) is 0 Å². The first kappa shape index (κ1) is 11.8. The first-order valence-electron chi connectivity index (χ1n) is 5.49. The molecule has 0 amide bonds. The largest absolute Gasteiger partial charge is 0.374 e. The highest BCUT2D eigenvalue weighted by Crippen LogP contribution is 2.15. The van der Waals surface area contributed by atoms with E-state index in [9.17, 15) is 10.2 Å². The average molecular weight is 229 g/mol. The highest BCUT2D eigenvalue weighted by atomic mass is 16.3. The zero-order chi connectivity index (χ0) is 12.1. The minimum absolute atomic E-state index is 0.725. The second-order valence-corrected chi connectivity index (χ2v) is 3.79. The summed E-state index contributed by atoms with van der Waals surface area (Å²) < 4.78 is 0. The number of nitrogens with one attached hydrogen (secondary N) is 1. The van der Waals surface area contributed by atoms with Crippen molar-refractivity contribution in [3.8, 4) is 0 Å². The van der Waals surface area contributed by atoms with Gasteiger partial charge in [-0.2, -0.15) is 0 Å². The van der Waals surface area contributed by atoms with Crippen LogP contribution in [-0.4, -0.2) is 10.2 Å². The van der Waals surface area contributed by atoms with E-state index in [1.807, 2.05) is 36.4 Å². The molecule has 0 spiro atoms. The fourth-order valence-corrected chi connectivity index (χ4v) is 1.61. The van der Waals surface area contributed by atoms with E-state index in [-0.39, 0.29) is 0 Å². The Labute approximate surface area is 100 Å². The first-order chi connectivity index (χ1) is 8.27. The van der Waals surface area contributed by atoms with E-state index >= 15 is 0 Å². The van der Waals surface area contributed by atoms with Gasteiger partial charge in [0.1, 0.15) is 12.5 Å². The quantitative estimate of drug-likeness (QED) is 0.702. The molecule has 2 rings (SSSR count). The van der Waals surface area contributed by atoms with Crippen molar-refractivity contribution in [2.24, 2.45) is 0 Å². The first-order valence-corrected chi connectivity index (χ1v) is 5.49. The lowest BCUT2D eigenvalue weighted by molar-refractivity contribution is 0.0409. The second-order valence-electron chi connectivity index (χ2n) is 3.79. The monoisotopic (exact) mass is 229 g/mol. The summed E-state index contributed by atoms with van der Waals surface area (Å²) >= 11 is 0. The third kappa shape index (κ3) is 3.14. The fraction of sp³-hybridized carbons (Fsp3) is 0.143. The fourth-order valence-electron chi connectivity index (χ4n) is 1.61. The lowest BCUT2D eigenvalue weighted by atomic mass is 10.1. The Balaban J connectivity index is 2.02. The van der Waals surface area contributed by atoms with Crippen LogP contribution >= 0.6 is 0 Å². The molecule has 0 fully saturated rings. The van der Waals surface area contributed by atoms with Crippen molar-refractivity contribution in [3.63, 3.8) is 0 Å². The maximum atomic E-state index is 9.88. The summed E-state index contributed by atoms with van der Waals surface area (Å²) in [7, 11) is 0. The van der Waals surface area contributed by atoms with Crippen LogP contribution in [0.15, 0.2) is 60.7 Å². The minimum atomic E-state index is -0.883. The molecule has 0 saturated carbocycles. The topological polar surface area (TPSA) is 52.5 Å². The van der Waals surface area contributed by atoms with Crippen LogP contribution < -0.4 is 5.32 Å². The van der Waals surface area contributed by atoms with Gasteiger partial charge in [0.2, 0.25) is 0 Å². The molecular weight excluding hydrogens is 214 g/mol. The van der Waals surface area contributed by atoms with E-state index in [0.717, 1.165) is 11.1 Å². The van der Waals surface area contributed by atoms with Gasteiger partial charge < -0.3 is 10.2 Å². The van der Waals surface area contributed by atoms with Crippen molar-refractivity contribution in [1.82, 2.24) is 5.32 Å². The summed E-state index contributed by atoms with van der Waals surface area (Å²) in [6.07, 6.45) is -1.77. The third-order valence-electron chi connectivity index (χ3n) is 2.55. The molecule has 2 unspecified atom stereocenters.